The van der Waals surface area contributed by atoms with Gasteiger partial charge in [0.2, 0.25) is 11.7 Å². The first kappa shape index (κ1) is 19.6. The third-order valence-corrected chi connectivity index (χ3v) is 5.95. The van der Waals surface area contributed by atoms with Crippen LogP contribution in [-0.4, -0.2) is 40.2 Å². The van der Waals surface area contributed by atoms with E-state index in [1.165, 1.54) is 16.5 Å². The molecule has 0 spiro atoms. The Morgan fingerprint density at radius 2 is 1.84 bits per heavy atom. The van der Waals surface area contributed by atoms with Gasteiger partial charge in [-0.2, -0.15) is 4.98 Å². The molecular formula is C24H26N4O3. The molecule has 1 N–H and O–H groups in total. The number of piperidine rings is 1. The van der Waals surface area contributed by atoms with Crippen molar-refractivity contribution < 1.29 is 14.0 Å². The zero-order chi connectivity index (χ0) is 21.0. The summed E-state index contributed by atoms with van der Waals surface area (Å²) in [6.07, 6.45) is 4.44. The van der Waals surface area contributed by atoms with Crippen LogP contribution in [-0.2, 0) is 13.2 Å². The van der Waals surface area contributed by atoms with Gasteiger partial charge in [0.25, 0.3) is 0 Å². The monoisotopic (exact) mass is 418 g/mol. The number of hydrogen-bond donors (Lipinski definition) is 1. The second-order valence-electron chi connectivity index (χ2n) is 7.91. The molecule has 0 atom stereocenters. The molecule has 7 nitrogen and oxygen atoms in total. The Bertz CT molecular complexity index is 1130. The molecule has 31 heavy (non-hydrogen) atoms. The average Bonchev–Trinajstić information content (AvgIpc) is 3.45. The van der Waals surface area contributed by atoms with Gasteiger partial charge in [0.1, 0.15) is 11.5 Å². The molecule has 1 aliphatic rings. The number of H-pyrrole nitrogens is 1. The lowest BCUT2D eigenvalue weighted by molar-refractivity contribution is 0.181. The number of benzene rings is 2. The third-order valence-electron chi connectivity index (χ3n) is 5.95. The minimum Gasteiger partial charge on any atom is -0.497 e. The maximum Gasteiger partial charge on any atom is 0.240 e. The maximum atomic E-state index is 5.73. The molecule has 0 bridgehead atoms. The fraction of sp³-hybridized carbons (Fsp3) is 0.333. The van der Waals surface area contributed by atoms with E-state index >= 15 is 0 Å². The highest BCUT2D eigenvalue weighted by Gasteiger charge is 2.24. The molecule has 4 aromatic rings. The van der Waals surface area contributed by atoms with E-state index < -0.39 is 0 Å². The van der Waals surface area contributed by atoms with Gasteiger partial charge in [0, 0.05) is 17.1 Å². The summed E-state index contributed by atoms with van der Waals surface area (Å²) in [4.78, 5) is 10.3. The molecule has 0 unspecified atom stereocenters. The summed E-state index contributed by atoms with van der Waals surface area (Å²) < 4.78 is 16.3. The molecule has 1 fully saturated rings. The van der Waals surface area contributed by atoms with E-state index in [0.29, 0.717) is 24.2 Å². The first-order valence-electron chi connectivity index (χ1n) is 10.6. The van der Waals surface area contributed by atoms with Crippen LogP contribution in [0.1, 0.15) is 36.0 Å². The Labute approximate surface area is 181 Å². The number of ether oxygens (including phenoxy) is 2. The summed E-state index contributed by atoms with van der Waals surface area (Å²) in [5, 5.41) is 5.40. The van der Waals surface area contributed by atoms with E-state index in [4.69, 9.17) is 14.0 Å². The van der Waals surface area contributed by atoms with Crippen molar-refractivity contribution in [1.29, 1.82) is 0 Å². The van der Waals surface area contributed by atoms with E-state index in [0.717, 1.165) is 37.4 Å². The summed E-state index contributed by atoms with van der Waals surface area (Å²) in [6, 6.07) is 16.0. The molecule has 0 radical (unpaired) electrons. The Kier molecular flexibility index (Phi) is 5.58. The van der Waals surface area contributed by atoms with E-state index in [2.05, 4.69) is 50.5 Å². The zero-order valence-electron chi connectivity index (χ0n) is 17.6. The summed E-state index contributed by atoms with van der Waals surface area (Å²) in [5.41, 5.74) is 2.65. The van der Waals surface area contributed by atoms with Gasteiger partial charge >= 0.3 is 0 Å². The van der Waals surface area contributed by atoms with Gasteiger partial charge in [0.05, 0.1) is 13.7 Å². The molecule has 1 saturated heterocycles. The summed E-state index contributed by atoms with van der Waals surface area (Å²) in [6.45, 7) is 2.99. The summed E-state index contributed by atoms with van der Waals surface area (Å²) in [5.74, 6) is 3.32. The summed E-state index contributed by atoms with van der Waals surface area (Å²) >= 11 is 0. The first-order chi connectivity index (χ1) is 15.3. The number of fused-ring (bicyclic) bond motifs is 1. The van der Waals surface area contributed by atoms with Gasteiger partial charge in [0.15, 0.2) is 6.61 Å². The van der Waals surface area contributed by atoms with Crippen LogP contribution in [0.4, 0.5) is 0 Å². The number of nitrogens with zero attached hydrogens (tertiary/aromatic N) is 3. The van der Waals surface area contributed by atoms with Gasteiger partial charge in [-0.1, -0.05) is 23.4 Å². The normalized spacial score (nSPS) is 15.4. The molecule has 7 heteroatoms. The summed E-state index contributed by atoms with van der Waals surface area (Å²) in [7, 11) is 1.64. The van der Waals surface area contributed by atoms with Gasteiger partial charge in [-0.05, 0) is 67.7 Å². The van der Waals surface area contributed by atoms with Crippen molar-refractivity contribution in [3.63, 3.8) is 0 Å². The lowest BCUT2D eigenvalue weighted by Gasteiger charge is -2.30. The van der Waals surface area contributed by atoms with Crippen molar-refractivity contribution in [2.45, 2.75) is 31.9 Å². The van der Waals surface area contributed by atoms with Gasteiger partial charge in [-0.15, -0.1) is 0 Å². The van der Waals surface area contributed by atoms with Crippen LogP contribution < -0.4 is 9.47 Å². The molecule has 0 saturated carbocycles. The van der Waals surface area contributed by atoms with Gasteiger partial charge in [-0.3, -0.25) is 4.90 Å². The van der Waals surface area contributed by atoms with Crippen molar-refractivity contribution >= 4 is 10.9 Å². The van der Waals surface area contributed by atoms with Crippen molar-refractivity contribution in [3.8, 4) is 11.5 Å². The molecular weight excluding hydrogens is 392 g/mol. The van der Waals surface area contributed by atoms with E-state index in [1.54, 1.807) is 7.11 Å². The van der Waals surface area contributed by atoms with Crippen LogP contribution in [0.5, 0.6) is 11.5 Å². The Hall–Kier alpha value is -3.32. The van der Waals surface area contributed by atoms with Crippen molar-refractivity contribution in [1.82, 2.24) is 20.0 Å². The molecule has 1 aliphatic heterocycles. The molecule has 0 amide bonds. The van der Waals surface area contributed by atoms with E-state index in [9.17, 15) is 0 Å². The van der Waals surface area contributed by atoms with Crippen LogP contribution in [0.25, 0.3) is 10.9 Å². The van der Waals surface area contributed by atoms with Crippen LogP contribution in [0.15, 0.2) is 59.3 Å². The predicted molar refractivity (Wildman–Crippen MR) is 117 cm³/mol. The highest BCUT2D eigenvalue weighted by Crippen LogP contribution is 2.33. The van der Waals surface area contributed by atoms with Crippen molar-refractivity contribution in [3.05, 3.63) is 72.0 Å². The minimum atomic E-state index is 0.276. The smallest absolute Gasteiger partial charge is 0.240 e. The van der Waals surface area contributed by atoms with Crippen LogP contribution in [0.3, 0.4) is 0 Å². The second kappa shape index (κ2) is 8.81. The van der Waals surface area contributed by atoms with Gasteiger partial charge < -0.3 is 19.0 Å². The Balaban J connectivity index is 1.13. The number of nitrogens with one attached hydrogen (secondary N) is 1. The van der Waals surface area contributed by atoms with Crippen LogP contribution in [0, 0.1) is 0 Å². The fourth-order valence-electron chi connectivity index (χ4n) is 4.26. The highest BCUT2D eigenvalue weighted by molar-refractivity contribution is 5.83. The molecule has 2 aromatic heterocycles. The predicted octanol–water partition coefficient (Wildman–Crippen LogP) is 4.52. The molecule has 160 valence electrons. The Morgan fingerprint density at radius 1 is 1.06 bits per heavy atom. The zero-order valence-corrected chi connectivity index (χ0v) is 17.6. The molecule has 0 aliphatic carbocycles. The van der Waals surface area contributed by atoms with E-state index in [1.807, 2.05) is 24.3 Å². The topological polar surface area (TPSA) is 76.4 Å². The SMILES string of the molecule is COc1ccc(OCc2noc(CN3CCC(c4c[nH]c5ccccc45)CC3)n2)cc1. The minimum absolute atomic E-state index is 0.276. The largest absolute Gasteiger partial charge is 0.497 e. The number of aromatic amines is 1. The number of para-hydroxylation sites is 1. The van der Waals surface area contributed by atoms with Crippen LogP contribution >= 0.6 is 0 Å². The maximum absolute atomic E-state index is 5.73. The third kappa shape index (κ3) is 4.41. The Morgan fingerprint density at radius 3 is 2.65 bits per heavy atom. The average molecular weight is 418 g/mol. The van der Waals surface area contributed by atoms with Crippen LogP contribution in [0.2, 0.25) is 0 Å². The lowest BCUT2D eigenvalue weighted by atomic mass is 9.89. The van der Waals surface area contributed by atoms with Gasteiger partial charge in [-0.25, -0.2) is 0 Å². The standard InChI is InChI=1S/C24H26N4O3/c1-29-18-6-8-19(9-7-18)30-16-23-26-24(31-27-23)15-28-12-10-17(11-13-28)21-14-25-22-5-3-2-4-20(21)22/h2-9,14,17,25H,10-13,15-16H2,1H3. The lowest BCUT2D eigenvalue weighted by Crippen LogP contribution is -2.32. The number of methoxy groups -OCH3 is 1. The highest BCUT2D eigenvalue weighted by atomic mass is 16.5. The quantitative estimate of drug-likeness (QED) is 0.476. The number of aromatic nitrogens is 3. The number of rotatable bonds is 7. The fourth-order valence-corrected chi connectivity index (χ4v) is 4.26. The second-order valence-corrected chi connectivity index (χ2v) is 7.91. The molecule has 5 rings (SSSR count). The molecule has 2 aromatic carbocycles. The van der Waals surface area contributed by atoms with E-state index in [-0.39, 0.29) is 6.61 Å². The van der Waals surface area contributed by atoms with Crippen molar-refractivity contribution in [2.75, 3.05) is 20.2 Å². The first-order valence-corrected chi connectivity index (χ1v) is 10.6. The number of hydrogen-bond acceptors (Lipinski definition) is 6. The molecule has 3 heterocycles. The van der Waals surface area contributed by atoms with Crippen molar-refractivity contribution in [2.24, 2.45) is 0 Å². The number of likely N-dealkylation sites (tertiary alicyclic amines) is 1.